The van der Waals surface area contributed by atoms with Gasteiger partial charge in [-0.3, -0.25) is 9.59 Å². The number of hydrogen-bond donors (Lipinski definition) is 0. The number of piperazine rings is 1. The third-order valence-electron chi connectivity index (χ3n) is 5.90. The molecule has 2 amide bonds. The number of carbonyl (C=O) groups excluding carboxylic acids is 3. The van der Waals surface area contributed by atoms with Gasteiger partial charge in [0.05, 0.1) is 22.8 Å². The van der Waals surface area contributed by atoms with Crippen molar-refractivity contribution in [3.8, 4) is 11.3 Å². The van der Waals surface area contributed by atoms with E-state index < -0.39 is 0 Å². The number of benzene rings is 2. The average molecular weight is 480 g/mol. The minimum atomic E-state index is -0.336. The van der Waals surface area contributed by atoms with Crippen molar-refractivity contribution >= 4 is 40.8 Å². The van der Waals surface area contributed by atoms with Gasteiger partial charge in [0, 0.05) is 47.8 Å². The fourth-order valence-corrected chi connectivity index (χ4v) is 4.37. The van der Waals surface area contributed by atoms with Crippen LogP contribution in [0.15, 0.2) is 48.5 Å². The molecular weight excluding hydrogens is 454 g/mol. The Labute approximate surface area is 203 Å². The molecule has 8 heteroatoms. The van der Waals surface area contributed by atoms with Gasteiger partial charge in [0.2, 0.25) is 0 Å². The Kier molecular flexibility index (Phi) is 7.12. The second kappa shape index (κ2) is 10.2. The minimum absolute atomic E-state index is 0.124. The molecule has 0 saturated carbocycles. The molecule has 1 aliphatic rings. The Morgan fingerprint density at radius 2 is 2.00 bits per heavy atom. The van der Waals surface area contributed by atoms with Gasteiger partial charge in [0.15, 0.2) is 0 Å². The van der Waals surface area contributed by atoms with Gasteiger partial charge in [-0.25, -0.2) is 9.78 Å². The van der Waals surface area contributed by atoms with E-state index in [9.17, 15) is 14.4 Å². The first-order chi connectivity index (χ1) is 16.4. The fraction of sp³-hybridized carbons (Fsp3) is 0.308. The second-order valence-electron chi connectivity index (χ2n) is 8.37. The van der Waals surface area contributed by atoms with E-state index in [1.54, 1.807) is 52.3 Å². The van der Waals surface area contributed by atoms with Gasteiger partial charge in [0.25, 0.3) is 5.91 Å². The van der Waals surface area contributed by atoms with Crippen LogP contribution in [0.2, 0.25) is 5.02 Å². The SMILES string of the molecule is CCCOC(=O)N1CCN(C(=O)c2ccc3c(Cl)cc(-c4cccc(C=O)c4)nc3c2)C[C@H]1C. The number of ether oxygens (including phenoxy) is 1. The predicted octanol–water partition coefficient (Wildman–Crippen LogP) is 5.06. The van der Waals surface area contributed by atoms with Crippen LogP contribution in [0, 0.1) is 0 Å². The maximum atomic E-state index is 13.3. The molecule has 2 heterocycles. The number of rotatable bonds is 5. The Balaban J connectivity index is 1.57. The van der Waals surface area contributed by atoms with Gasteiger partial charge in [-0.2, -0.15) is 0 Å². The molecule has 7 nitrogen and oxygen atoms in total. The molecule has 1 fully saturated rings. The first-order valence-electron chi connectivity index (χ1n) is 11.3. The van der Waals surface area contributed by atoms with Crippen LogP contribution in [0.3, 0.4) is 0 Å². The Morgan fingerprint density at radius 1 is 1.18 bits per heavy atom. The smallest absolute Gasteiger partial charge is 0.410 e. The molecule has 4 rings (SSSR count). The molecule has 1 saturated heterocycles. The zero-order chi connectivity index (χ0) is 24.2. The van der Waals surface area contributed by atoms with Crippen LogP contribution in [0.1, 0.15) is 41.0 Å². The van der Waals surface area contributed by atoms with Gasteiger partial charge in [-0.1, -0.05) is 42.8 Å². The van der Waals surface area contributed by atoms with E-state index in [1.165, 1.54) is 0 Å². The first-order valence-corrected chi connectivity index (χ1v) is 11.7. The number of fused-ring (bicyclic) bond motifs is 1. The summed E-state index contributed by atoms with van der Waals surface area (Å²) in [5.74, 6) is -0.124. The van der Waals surface area contributed by atoms with Crippen molar-refractivity contribution < 1.29 is 19.1 Å². The van der Waals surface area contributed by atoms with E-state index in [-0.39, 0.29) is 18.0 Å². The highest BCUT2D eigenvalue weighted by molar-refractivity contribution is 6.35. The van der Waals surface area contributed by atoms with E-state index in [2.05, 4.69) is 0 Å². The van der Waals surface area contributed by atoms with Crippen molar-refractivity contribution in [3.05, 3.63) is 64.7 Å². The van der Waals surface area contributed by atoms with Gasteiger partial charge < -0.3 is 14.5 Å². The van der Waals surface area contributed by atoms with E-state index in [0.29, 0.717) is 53.6 Å². The summed E-state index contributed by atoms with van der Waals surface area (Å²) in [7, 11) is 0. The zero-order valence-corrected chi connectivity index (χ0v) is 19.9. The number of amides is 2. The lowest BCUT2D eigenvalue weighted by atomic mass is 10.0. The fourth-order valence-electron chi connectivity index (χ4n) is 4.11. The van der Waals surface area contributed by atoms with Crippen LogP contribution in [0.4, 0.5) is 4.79 Å². The van der Waals surface area contributed by atoms with Crippen LogP contribution in [0.25, 0.3) is 22.2 Å². The molecule has 0 bridgehead atoms. The van der Waals surface area contributed by atoms with E-state index in [1.807, 2.05) is 19.9 Å². The molecule has 0 spiro atoms. The normalized spacial score (nSPS) is 15.9. The molecule has 0 radical (unpaired) electrons. The summed E-state index contributed by atoms with van der Waals surface area (Å²) >= 11 is 6.51. The molecule has 34 heavy (non-hydrogen) atoms. The molecule has 0 N–H and O–H groups in total. The summed E-state index contributed by atoms with van der Waals surface area (Å²) in [5.41, 5.74) is 3.04. The lowest BCUT2D eigenvalue weighted by molar-refractivity contribution is 0.0412. The number of aldehydes is 1. The standard InChI is InChI=1S/C26H26ClN3O4/c1-3-11-34-26(33)30-10-9-29(15-17(30)2)25(32)20-7-8-21-22(27)14-23(28-24(21)13-20)19-6-4-5-18(12-19)16-31/h4-8,12-14,16-17H,3,9-11,15H2,1-2H3/t17-/m1/s1. The maximum Gasteiger partial charge on any atom is 0.410 e. The Hall–Kier alpha value is -3.45. The highest BCUT2D eigenvalue weighted by Crippen LogP contribution is 2.29. The molecule has 1 aromatic heterocycles. The quantitative estimate of drug-likeness (QED) is 0.478. The molecule has 176 valence electrons. The predicted molar refractivity (Wildman–Crippen MR) is 131 cm³/mol. The van der Waals surface area contributed by atoms with Crippen molar-refractivity contribution in [2.45, 2.75) is 26.3 Å². The molecule has 0 unspecified atom stereocenters. The summed E-state index contributed by atoms with van der Waals surface area (Å²) in [6.45, 7) is 5.52. The van der Waals surface area contributed by atoms with Crippen LogP contribution in [0.5, 0.6) is 0 Å². The molecule has 2 aromatic carbocycles. The monoisotopic (exact) mass is 479 g/mol. The summed E-state index contributed by atoms with van der Waals surface area (Å²) in [6, 6.07) is 14.0. The minimum Gasteiger partial charge on any atom is -0.449 e. The van der Waals surface area contributed by atoms with Crippen LogP contribution in [-0.4, -0.2) is 65.4 Å². The molecule has 0 aliphatic carbocycles. The van der Waals surface area contributed by atoms with Gasteiger partial charge in [-0.05, 0) is 37.6 Å². The van der Waals surface area contributed by atoms with Crippen molar-refractivity contribution in [1.29, 1.82) is 0 Å². The topological polar surface area (TPSA) is 79.8 Å². The van der Waals surface area contributed by atoms with Gasteiger partial charge >= 0.3 is 6.09 Å². The van der Waals surface area contributed by atoms with Crippen molar-refractivity contribution in [1.82, 2.24) is 14.8 Å². The van der Waals surface area contributed by atoms with Crippen molar-refractivity contribution in [2.24, 2.45) is 0 Å². The average Bonchev–Trinajstić information content (AvgIpc) is 2.86. The highest BCUT2D eigenvalue weighted by Gasteiger charge is 2.31. The van der Waals surface area contributed by atoms with Gasteiger partial charge in [0.1, 0.15) is 6.29 Å². The molecule has 3 aromatic rings. The maximum absolute atomic E-state index is 13.3. The molecule has 1 aliphatic heterocycles. The van der Waals surface area contributed by atoms with Crippen LogP contribution in [-0.2, 0) is 4.74 Å². The number of halogens is 1. The number of pyridine rings is 1. The second-order valence-corrected chi connectivity index (χ2v) is 8.78. The summed E-state index contributed by atoms with van der Waals surface area (Å²) in [4.78, 5) is 44.8. The number of carbonyl (C=O) groups is 3. The number of hydrogen-bond acceptors (Lipinski definition) is 5. The van der Waals surface area contributed by atoms with E-state index in [4.69, 9.17) is 21.3 Å². The third-order valence-corrected chi connectivity index (χ3v) is 6.22. The number of nitrogens with zero attached hydrogens (tertiary/aromatic N) is 3. The van der Waals surface area contributed by atoms with Crippen LogP contribution < -0.4 is 0 Å². The van der Waals surface area contributed by atoms with Crippen molar-refractivity contribution in [3.63, 3.8) is 0 Å². The summed E-state index contributed by atoms with van der Waals surface area (Å²) < 4.78 is 5.25. The third kappa shape index (κ3) is 4.89. The van der Waals surface area contributed by atoms with E-state index >= 15 is 0 Å². The Morgan fingerprint density at radius 3 is 2.74 bits per heavy atom. The molecule has 1 atom stereocenters. The summed E-state index contributed by atoms with van der Waals surface area (Å²) in [5, 5.41) is 1.26. The van der Waals surface area contributed by atoms with E-state index in [0.717, 1.165) is 23.7 Å². The largest absolute Gasteiger partial charge is 0.449 e. The summed E-state index contributed by atoms with van der Waals surface area (Å²) in [6.07, 6.45) is 1.22. The highest BCUT2D eigenvalue weighted by atomic mass is 35.5. The Bertz CT molecular complexity index is 1250. The first kappa shape index (κ1) is 23.7. The van der Waals surface area contributed by atoms with Crippen molar-refractivity contribution in [2.75, 3.05) is 26.2 Å². The zero-order valence-electron chi connectivity index (χ0n) is 19.2. The lowest BCUT2D eigenvalue weighted by Gasteiger charge is -2.39. The van der Waals surface area contributed by atoms with Crippen LogP contribution >= 0.6 is 11.6 Å². The lowest BCUT2D eigenvalue weighted by Crippen LogP contribution is -2.55. The van der Waals surface area contributed by atoms with Gasteiger partial charge in [-0.15, -0.1) is 0 Å². The number of aromatic nitrogens is 1. The molecular formula is C26H26ClN3O4.